The molecular formula is C26H34ClN5O3. The molecule has 3 aliphatic rings. The molecule has 1 saturated heterocycles. The van der Waals surface area contributed by atoms with E-state index in [0.717, 1.165) is 44.3 Å². The van der Waals surface area contributed by atoms with Crippen LogP contribution in [-0.2, 0) is 13.2 Å². The zero-order valence-corrected chi connectivity index (χ0v) is 20.7. The van der Waals surface area contributed by atoms with Crippen molar-refractivity contribution in [3.8, 4) is 0 Å². The van der Waals surface area contributed by atoms with Gasteiger partial charge in [0, 0.05) is 37.4 Å². The molecule has 9 heteroatoms. The van der Waals surface area contributed by atoms with E-state index in [0.29, 0.717) is 52.3 Å². The number of hydrogen-bond acceptors (Lipinski definition) is 7. The lowest BCUT2D eigenvalue weighted by atomic mass is 9.87. The van der Waals surface area contributed by atoms with E-state index >= 15 is 0 Å². The van der Waals surface area contributed by atoms with Gasteiger partial charge in [0.05, 0.1) is 12.7 Å². The first-order chi connectivity index (χ1) is 16.9. The predicted molar refractivity (Wildman–Crippen MR) is 136 cm³/mol. The monoisotopic (exact) mass is 499 g/mol. The fraction of sp³-hybridized carbons (Fsp3) is 0.577. The molecule has 0 atom stereocenters. The third-order valence-electron chi connectivity index (χ3n) is 7.81. The van der Waals surface area contributed by atoms with Crippen LogP contribution in [0.15, 0.2) is 24.4 Å². The summed E-state index contributed by atoms with van der Waals surface area (Å²) in [7, 11) is 0. The Morgan fingerprint density at radius 2 is 2.00 bits per heavy atom. The van der Waals surface area contributed by atoms with Gasteiger partial charge in [0.2, 0.25) is 5.95 Å². The minimum Gasteiger partial charge on any atom is -0.393 e. The molecule has 3 fully saturated rings. The van der Waals surface area contributed by atoms with Crippen molar-refractivity contribution in [1.29, 1.82) is 0 Å². The van der Waals surface area contributed by atoms with E-state index in [-0.39, 0.29) is 18.6 Å². The van der Waals surface area contributed by atoms with Gasteiger partial charge in [-0.2, -0.15) is 4.98 Å². The number of aliphatic hydroxyl groups excluding tert-OH is 2. The van der Waals surface area contributed by atoms with E-state index in [2.05, 4.69) is 20.5 Å². The van der Waals surface area contributed by atoms with Gasteiger partial charge in [-0.3, -0.25) is 4.79 Å². The van der Waals surface area contributed by atoms with Gasteiger partial charge in [-0.25, -0.2) is 4.98 Å². The van der Waals surface area contributed by atoms with Crippen molar-refractivity contribution in [2.24, 2.45) is 11.3 Å². The van der Waals surface area contributed by atoms with Gasteiger partial charge in [0.25, 0.3) is 5.91 Å². The second-order valence-electron chi connectivity index (χ2n) is 10.4. The quantitative estimate of drug-likeness (QED) is 0.440. The molecule has 0 unspecified atom stereocenters. The number of anilines is 2. The molecule has 2 aliphatic carbocycles. The highest BCUT2D eigenvalue weighted by molar-refractivity contribution is 6.31. The van der Waals surface area contributed by atoms with Crippen molar-refractivity contribution in [3.05, 3.63) is 46.1 Å². The molecule has 5 rings (SSSR count). The molecule has 1 spiro atoms. The first kappa shape index (κ1) is 24.3. The van der Waals surface area contributed by atoms with Crippen molar-refractivity contribution in [1.82, 2.24) is 15.3 Å². The molecule has 1 amide bonds. The molecule has 0 radical (unpaired) electrons. The Morgan fingerprint density at radius 3 is 2.69 bits per heavy atom. The minimum absolute atomic E-state index is 0.108. The summed E-state index contributed by atoms with van der Waals surface area (Å²) < 4.78 is 0. The molecular weight excluding hydrogens is 466 g/mol. The van der Waals surface area contributed by atoms with Crippen LogP contribution in [-0.4, -0.2) is 51.8 Å². The number of halogens is 1. The lowest BCUT2D eigenvalue weighted by Gasteiger charge is -2.25. The molecule has 2 aromatic rings. The molecule has 1 aliphatic heterocycles. The van der Waals surface area contributed by atoms with Gasteiger partial charge in [0.15, 0.2) is 0 Å². The SMILES string of the molecule is O=C(NCC1CCC(O)CC1)c1cnc(N2CCC3(CC3)C2)nc1NCc1ccc(CO)c(Cl)c1. The Labute approximate surface area is 211 Å². The number of nitrogens with zero attached hydrogens (tertiary/aromatic N) is 3. The first-order valence-electron chi connectivity index (χ1n) is 12.6. The van der Waals surface area contributed by atoms with Crippen LogP contribution < -0.4 is 15.5 Å². The third kappa shape index (κ3) is 5.71. The zero-order chi connectivity index (χ0) is 24.4. The number of hydrogen-bond donors (Lipinski definition) is 4. The van der Waals surface area contributed by atoms with Gasteiger partial charge in [-0.15, -0.1) is 0 Å². The fourth-order valence-electron chi connectivity index (χ4n) is 5.21. The molecule has 8 nitrogen and oxygen atoms in total. The predicted octanol–water partition coefficient (Wildman–Crippen LogP) is 3.51. The van der Waals surface area contributed by atoms with E-state index in [9.17, 15) is 15.0 Å². The number of amides is 1. The Morgan fingerprint density at radius 1 is 1.20 bits per heavy atom. The average Bonchev–Trinajstić information content (AvgIpc) is 3.50. The normalized spacial score (nSPS) is 22.9. The van der Waals surface area contributed by atoms with Gasteiger partial charge >= 0.3 is 0 Å². The Kier molecular flexibility index (Phi) is 7.14. The van der Waals surface area contributed by atoms with Crippen LogP contribution in [0.2, 0.25) is 5.02 Å². The number of carbonyl (C=O) groups is 1. The summed E-state index contributed by atoms with van der Waals surface area (Å²) in [5.41, 5.74) is 2.48. The number of rotatable bonds is 8. The van der Waals surface area contributed by atoms with E-state index in [1.165, 1.54) is 19.3 Å². The summed E-state index contributed by atoms with van der Waals surface area (Å²) >= 11 is 6.26. The topological polar surface area (TPSA) is 111 Å². The largest absolute Gasteiger partial charge is 0.393 e. The van der Waals surface area contributed by atoms with Crippen molar-refractivity contribution in [3.63, 3.8) is 0 Å². The molecule has 1 aromatic heterocycles. The number of aromatic nitrogens is 2. The van der Waals surface area contributed by atoms with E-state index in [1.54, 1.807) is 12.3 Å². The van der Waals surface area contributed by atoms with Gasteiger partial charge < -0.3 is 25.7 Å². The number of carbonyl (C=O) groups excluding carboxylic acids is 1. The maximum Gasteiger partial charge on any atom is 0.256 e. The lowest BCUT2D eigenvalue weighted by molar-refractivity contribution is 0.0910. The summed E-state index contributed by atoms with van der Waals surface area (Å²) in [6.45, 7) is 2.83. The van der Waals surface area contributed by atoms with Crippen molar-refractivity contribution < 1.29 is 15.0 Å². The smallest absolute Gasteiger partial charge is 0.256 e. The van der Waals surface area contributed by atoms with Crippen molar-refractivity contribution in [2.45, 2.75) is 64.2 Å². The summed E-state index contributed by atoms with van der Waals surface area (Å²) in [6, 6.07) is 5.52. The van der Waals surface area contributed by atoms with E-state index in [4.69, 9.17) is 16.6 Å². The number of aliphatic hydroxyl groups is 2. The summed E-state index contributed by atoms with van der Waals surface area (Å²) in [5.74, 6) is 1.35. The zero-order valence-electron chi connectivity index (χ0n) is 20.0. The highest BCUT2D eigenvalue weighted by Gasteiger charge is 2.48. The molecule has 1 aromatic carbocycles. The lowest BCUT2D eigenvalue weighted by Crippen LogP contribution is -2.33. The standard InChI is InChI=1S/C26H34ClN5O3/c27-22-11-18(1-4-19(22)15-33)13-28-23-21(24(35)29-12-17-2-5-20(34)6-3-17)14-30-25(31-23)32-10-9-26(16-32)7-8-26/h1,4,11,14,17,20,33-34H,2-3,5-10,12-13,15-16H2,(H,29,35)(H,28,30,31). The highest BCUT2D eigenvalue weighted by atomic mass is 35.5. The van der Waals surface area contributed by atoms with Crippen LogP contribution in [0, 0.1) is 11.3 Å². The van der Waals surface area contributed by atoms with Crippen LogP contribution in [0.4, 0.5) is 11.8 Å². The first-order valence-corrected chi connectivity index (χ1v) is 13.0. The van der Waals surface area contributed by atoms with Crippen LogP contribution >= 0.6 is 11.6 Å². The fourth-order valence-corrected chi connectivity index (χ4v) is 5.48. The Hall–Kier alpha value is -2.42. The average molecular weight is 500 g/mol. The molecule has 4 N–H and O–H groups in total. The van der Waals surface area contributed by atoms with Gasteiger partial charge in [-0.1, -0.05) is 23.7 Å². The summed E-state index contributed by atoms with van der Waals surface area (Å²) in [4.78, 5) is 24.7. The van der Waals surface area contributed by atoms with Crippen LogP contribution in [0.25, 0.3) is 0 Å². The van der Waals surface area contributed by atoms with E-state index < -0.39 is 0 Å². The molecule has 188 valence electrons. The Balaban J connectivity index is 1.31. The highest BCUT2D eigenvalue weighted by Crippen LogP contribution is 2.53. The minimum atomic E-state index is -0.209. The summed E-state index contributed by atoms with van der Waals surface area (Å²) in [6.07, 6.45) is 8.57. The van der Waals surface area contributed by atoms with Crippen molar-refractivity contribution >= 4 is 29.3 Å². The van der Waals surface area contributed by atoms with Crippen LogP contribution in [0.1, 0.15) is 66.4 Å². The maximum absolute atomic E-state index is 13.1. The second-order valence-corrected chi connectivity index (χ2v) is 10.8. The molecule has 0 bridgehead atoms. The molecule has 35 heavy (non-hydrogen) atoms. The van der Waals surface area contributed by atoms with Crippen molar-refractivity contribution in [2.75, 3.05) is 29.9 Å². The van der Waals surface area contributed by atoms with E-state index in [1.807, 2.05) is 12.1 Å². The molecule has 2 heterocycles. The van der Waals surface area contributed by atoms with Gasteiger partial charge in [0.1, 0.15) is 11.4 Å². The van der Waals surface area contributed by atoms with Crippen LogP contribution in [0.5, 0.6) is 0 Å². The summed E-state index contributed by atoms with van der Waals surface area (Å²) in [5, 5.41) is 26.0. The molecule has 2 saturated carbocycles. The maximum atomic E-state index is 13.1. The number of benzene rings is 1. The third-order valence-corrected chi connectivity index (χ3v) is 8.17. The number of nitrogens with one attached hydrogen (secondary N) is 2. The van der Waals surface area contributed by atoms with Crippen LogP contribution in [0.3, 0.4) is 0 Å². The van der Waals surface area contributed by atoms with Gasteiger partial charge in [-0.05, 0) is 73.5 Å². The second kappa shape index (κ2) is 10.3. The Bertz CT molecular complexity index is 1070.